The van der Waals surface area contributed by atoms with E-state index in [0.717, 1.165) is 0 Å². The van der Waals surface area contributed by atoms with Crippen LogP contribution in [-0.4, -0.2) is 123 Å². The number of nitrogens with zero attached hydrogens (tertiary/aromatic N) is 3. The summed E-state index contributed by atoms with van der Waals surface area (Å²) in [5.74, 6) is -0.997. The number of azide groups is 1. The SMILES string of the molecule is [N-]=[N+]=NCCOCCOCCOCCOCCOCCOCCOCCOCC(=O)O. The van der Waals surface area contributed by atoms with Crippen molar-refractivity contribution < 1.29 is 47.8 Å². The van der Waals surface area contributed by atoms with Crippen molar-refractivity contribution >= 4 is 5.97 Å². The lowest BCUT2D eigenvalue weighted by Gasteiger charge is -2.08. The summed E-state index contributed by atoms with van der Waals surface area (Å²) in [6, 6.07) is 0. The van der Waals surface area contributed by atoms with Gasteiger partial charge in [-0.2, -0.15) is 0 Å². The number of hydrogen-bond acceptors (Lipinski definition) is 10. The molecule has 0 aromatic rings. The van der Waals surface area contributed by atoms with Gasteiger partial charge < -0.3 is 43.0 Å². The minimum absolute atomic E-state index is 0.242. The first-order valence-electron chi connectivity index (χ1n) is 10.1. The number of carbonyl (C=O) groups is 1. The maximum absolute atomic E-state index is 10.2. The fourth-order valence-corrected chi connectivity index (χ4v) is 1.85. The number of carboxylic acids is 1. The first kappa shape index (κ1) is 29.5. The van der Waals surface area contributed by atoms with Crippen molar-refractivity contribution in [1.82, 2.24) is 0 Å². The van der Waals surface area contributed by atoms with Crippen LogP contribution >= 0.6 is 0 Å². The summed E-state index contributed by atoms with van der Waals surface area (Å²) in [5.41, 5.74) is 8.09. The van der Waals surface area contributed by atoms with Crippen LogP contribution in [0.1, 0.15) is 0 Å². The molecule has 0 spiro atoms. The number of hydrogen-bond donors (Lipinski definition) is 1. The maximum atomic E-state index is 10.2. The van der Waals surface area contributed by atoms with Crippen LogP contribution in [0.4, 0.5) is 0 Å². The predicted molar refractivity (Wildman–Crippen MR) is 108 cm³/mol. The predicted octanol–water partition coefficient (Wildman–Crippen LogP) is 0.514. The Bertz CT molecular complexity index is 415. The van der Waals surface area contributed by atoms with E-state index in [0.29, 0.717) is 99.0 Å². The monoisotopic (exact) mass is 453 g/mol. The molecular weight excluding hydrogens is 418 g/mol. The Kier molecular flexibility index (Phi) is 25.2. The van der Waals surface area contributed by atoms with Crippen LogP contribution < -0.4 is 0 Å². The quantitative estimate of drug-likeness (QED) is 0.0846. The lowest BCUT2D eigenvalue weighted by molar-refractivity contribution is -0.142. The van der Waals surface area contributed by atoms with E-state index in [1.54, 1.807) is 0 Å². The Morgan fingerprint density at radius 1 is 0.581 bits per heavy atom. The Labute approximate surface area is 182 Å². The largest absolute Gasteiger partial charge is 0.480 e. The van der Waals surface area contributed by atoms with Crippen molar-refractivity contribution in [2.75, 3.05) is 112 Å². The summed E-state index contributed by atoms with van der Waals surface area (Å²) in [4.78, 5) is 12.8. The molecular formula is C18H35N3O10. The van der Waals surface area contributed by atoms with Crippen LogP contribution in [0, 0.1) is 0 Å². The van der Waals surface area contributed by atoms with Crippen molar-refractivity contribution in [2.24, 2.45) is 5.11 Å². The number of rotatable bonds is 26. The van der Waals surface area contributed by atoms with Gasteiger partial charge in [-0.05, 0) is 5.53 Å². The van der Waals surface area contributed by atoms with Crippen LogP contribution in [-0.2, 0) is 42.7 Å². The average Bonchev–Trinajstić information content (AvgIpc) is 2.76. The standard InChI is InChI=1S/C18H35N3O10/c19-21-20-1-2-24-3-4-25-5-6-26-7-8-27-9-10-28-11-12-29-13-14-30-15-16-31-17-18(22)23/h1-17H2,(H,22,23). The lowest BCUT2D eigenvalue weighted by Crippen LogP contribution is -2.15. The van der Waals surface area contributed by atoms with Crippen LogP contribution in [0.25, 0.3) is 10.4 Å². The van der Waals surface area contributed by atoms with E-state index in [4.69, 9.17) is 48.5 Å². The van der Waals surface area contributed by atoms with Crippen LogP contribution in [0.2, 0.25) is 0 Å². The van der Waals surface area contributed by atoms with Gasteiger partial charge in [-0.3, -0.25) is 0 Å². The molecule has 13 heteroatoms. The number of carboxylic acid groups (broad SMARTS) is 1. The van der Waals surface area contributed by atoms with Crippen LogP contribution in [0.15, 0.2) is 5.11 Å². The van der Waals surface area contributed by atoms with Gasteiger partial charge in [0.25, 0.3) is 0 Å². The van der Waals surface area contributed by atoms with Gasteiger partial charge in [0.1, 0.15) is 6.61 Å². The Balaban J connectivity index is 3.02. The highest BCUT2D eigenvalue weighted by atomic mass is 16.6. The third kappa shape index (κ3) is 28.5. The van der Waals surface area contributed by atoms with Crippen molar-refractivity contribution in [1.29, 1.82) is 0 Å². The molecule has 0 aromatic carbocycles. The number of ether oxygens (including phenoxy) is 8. The van der Waals surface area contributed by atoms with Crippen molar-refractivity contribution in [3.05, 3.63) is 10.4 Å². The minimum Gasteiger partial charge on any atom is -0.480 e. The summed E-state index contributed by atoms with van der Waals surface area (Å²) in [6.45, 7) is 6.54. The first-order chi connectivity index (χ1) is 15.3. The molecule has 31 heavy (non-hydrogen) atoms. The Morgan fingerprint density at radius 2 is 0.871 bits per heavy atom. The highest BCUT2D eigenvalue weighted by Crippen LogP contribution is 1.86. The molecule has 0 rings (SSSR count). The van der Waals surface area contributed by atoms with E-state index < -0.39 is 5.97 Å². The highest BCUT2D eigenvalue weighted by Gasteiger charge is 1.97. The third-order valence-electron chi connectivity index (χ3n) is 3.23. The molecule has 0 radical (unpaired) electrons. The van der Waals surface area contributed by atoms with E-state index in [1.165, 1.54) is 0 Å². The molecule has 0 saturated heterocycles. The number of aliphatic carboxylic acids is 1. The van der Waals surface area contributed by atoms with Crippen molar-refractivity contribution in [2.45, 2.75) is 0 Å². The molecule has 182 valence electrons. The third-order valence-corrected chi connectivity index (χ3v) is 3.23. The molecule has 0 atom stereocenters. The molecule has 0 aliphatic heterocycles. The average molecular weight is 453 g/mol. The van der Waals surface area contributed by atoms with Gasteiger partial charge in [0.15, 0.2) is 0 Å². The second-order valence-corrected chi connectivity index (χ2v) is 5.69. The normalized spacial score (nSPS) is 10.8. The van der Waals surface area contributed by atoms with Gasteiger partial charge in [0.2, 0.25) is 0 Å². The van der Waals surface area contributed by atoms with Crippen LogP contribution in [0.3, 0.4) is 0 Å². The zero-order chi connectivity index (χ0) is 22.7. The van der Waals surface area contributed by atoms with E-state index >= 15 is 0 Å². The van der Waals surface area contributed by atoms with E-state index in [1.807, 2.05) is 0 Å². The molecule has 0 saturated carbocycles. The fraction of sp³-hybridized carbons (Fsp3) is 0.944. The summed E-state index contributed by atoms with van der Waals surface area (Å²) >= 11 is 0. The van der Waals surface area contributed by atoms with Gasteiger partial charge >= 0.3 is 5.97 Å². The first-order valence-corrected chi connectivity index (χ1v) is 10.1. The summed E-state index contributed by atoms with van der Waals surface area (Å²) in [5, 5.41) is 11.7. The molecule has 0 amide bonds. The molecule has 13 nitrogen and oxygen atoms in total. The summed E-state index contributed by atoms with van der Waals surface area (Å²) in [6.07, 6.45) is 0. The second kappa shape index (κ2) is 26.5. The highest BCUT2D eigenvalue weighted by molar-refractivity contribution is 5.67. The molecule has 0 heterocycles. The molecule has 0 aliphatic rings. The molecule has 0 aromatic heterocycles. The van der Waals surface area contributed by atoms with E-state index in [9.17, 15) is 4.79 Å². The zero-order valence-corrected chi connectivity index (χ0v) is 18.0. The van der Waals surface area contributed by atoms with Gasteiger partial charge in [0.05, 0.1) is 99.1 Å². The van der Waals surface area contributed by atoms with E-state index in [2.05, 4.69) is 10.0 Å². The van der Waals surface area contributed by atoms with Crippen molar-refractivity contribution in [3.63, 3.8) is 0 Å². The summed E-state index contributed by atoms with van der Waals surface area (Å²) in [7, 11) is 0. The Hall–Kier alpha value is -1.54. The Morgan fingerprint density at radius 3 is 1.16 bits per heavy atom. The molecule has 0 bridgehead atoms. The maximum Gasteiger partial charge on any atom is 0.329 e. The van der Waals surface area contributed by atoms with Crippen molar-refractivity contribution in [3.8, 4) is 0 Å². The van der Waals surface area contributed by atoms with Gasteiger partial charge in [-0.1, -0.05) is 5.11 Å². The molecule has 1 N–H and O–H groups in total. The zero-order valence-electron chi connectivity index (χ0n) is 18.0. The summed E-state index contributed by atoms with van der Waals surface area (Å²) < 4.78 is 42.0. The van der Waals surface area contributed by atoms with Gasteiger partial charge in [-0.25, -0.2) is 4.79 Å². The fourth-order valence-electron chi connectivity index (χ4n) is 1.85. The van der Waals surface area contributed by atoms with Gasteiger partial charge in [0, 0.05) is 11.5 Å². The second-order valence-electron chi connectivity index (χ2n) is 5.69. The van der Waals surface area contributed by atoms with Gasteiger partial charge in [-0.15, -0.1) is 0 Å². The lowest BCUT2D eigenvalue weighted by atomic mass is 10.6. The minimum atomic E-state index is -0.997. The smallest absolute Gasteiger partial charge is 0.329 e. The molecule has 0 unspecified atom stereocenters. The molecule has 0 fully saturated rings. The van der Waals surface area contributed by atoms with Crippen LogP contribution in [0.5, 0.6) is 0 Å². The topological polar surface area (TPSA) is 160 Å². The molecule has 0 aliphatic carbocycles. The van der Waals surface area contributed by atoms with E-state index in [-0.39, 0.29) is 13.2 Å².